The fourth-order valence-corrected chi connectivity index (χ4v) is 8.68. The fraction of sp³-hybridized carbons (Fsp3) is 0.898. The van der Waals surface area contributed by atoms with Gasteiger partial charge in [0.1, 0.15) is 31.8 Å². The average Bonchev–Trinajstić information content (AvgIpc) is 3.36. The van der Waals surface area contributed by atoms with Crippen LogP contribution in [0, 0.1) is 11.3 Å². The molecule has 0 saturated heterocycles. The maximum atomic E-state index is 13.6. The van der Waals surface area contributed by atoms with E-state index in [1.54, 1.807) is 0 Å². The van der Waals surface area contributed by atoms with Crippen LogP contribution < -0.4 is 0 Å². The molecule has 0 rings (SSSR count). The molecule has 0 radical (unpaired) electrons. The van der Waals surface area contributed by atoms with E-state index in [2.05, 4.69) is 53.4 Å². The number of carbonyl (C=O) groups excluding carboxylic acids is 6. The number of hydrogen-bond acceptors (Lipinski definition) is 13. The highest BCUT2D eigenvalue weighted by Gasteiger charge is 2.38. The Morgan fingerprint density at radius 3 is 1.01 bits per heavy atom. The van der Waals surface area contributed by atoms with Crippen molar-refractivity contribution >= 4 is 35.8 Å². The van der Waals surface area contributed by atoms with Crippen LogP contribution in [0.1, 0.15) is 273 Å². The van der Waals surface area contributed by atoms with Gasteiger partial charge in [0.05, 0.1) is 13.2 Å². The van der Waals surface area contributed by atoms with E-state index in [1.165, 1.54) is 64.2 Å². The molecule has 13 heteroatoms. The third-order valence-corrected chi connectivity index (χ3v) is 13.6. The van der Waals surface area contributed by atoms with Gasteiger partial charge in [0.25, 0.3) is 0 Å². The SMILES string of the molecule is CCCCCCCCCCOC(=O)CCCCC(=O)OCC(COC(=O)CCCCC(=O)OCCCCCCCCCC)(COC(=O)CCCN(CC)C(C)C)COC(=O)CC(CCCCC)CCCCC. The molecule has 0 spiro atoms. The molecule has 13 nitrogen and oxygen atoms in total. The summed E-state index contributed by atoms with van der Waals surface area (Å²) in [6, 6.07) is 0.326. The lowest BCUT2D eigenvalue weighted by Crippen LogP contribution is -2.44. The van der Waals surface area contributed by atoms with E-state index in [4.69, 9.17) is 28.4 Å². The molecule has 0 atom stereocenters. The third-order valence-electron chi connectivity index (χ3n) is 13.6. The Balaban J connectivity index is 5.80. The molecule has 0 N–H and O–H groups in total. The molecule has 0 heterocycles. The van der Waals surface area contributed by atoms with Crippen molar-refractivity contribution < 1.29 is 57.2 Å². The van der Waals surface area contributed by atoms with Crippen molar-refractivity contribution in [2.45, 2.75) is 279 Å². The van der Waals surface area contributed by atoms with Crippen molar-refractivity contribution in [1.82, 2.24) is 4.90 Å². The van der Waals surface area contributed by atoms with Gasteiger partial charge in [0.2, 0.25) is 0 Å². The highest BCUT2D eigenvalue weighted by atomic mass is 16.6. The number of unbranched alkanes of at least 4 members (excludes halogenated alkanes) is 20. The lowest BCUT2D eigenvalue weighted by molar-refractivity contribution is -0.171. The van der Waals surface area contributed by atoms with Crippen molar-refractivity contribution in [3.05, 3.63) is 0 Å². The molecule has 0 bridgehead atoms. The summed E-state index contributed by atoms with van der Waals surface area (Å²) in [5.41, 5.74) is -1.39. The molecular weight excluding hydrogens is 915 g/mol. The van der Waals surface area contributed by atoms with Crippen molar-refractivity contribution in [2.75, 3.05) is 52.7 Å². The van der Waals surface area contributed by atoms with E-state index in [0.717, 1.165) is 96.4 Å². The van der Waals surface area contributed by atoms with Gasteiger partial charge < -0.3 is 33.3 Å². The summed E-state index contributed by atoms with van der Waals surface area (Å²) in [6.07, 6.45) is 29.9. The Bertz CT molecular complexity index is 1290. The van der Waals surface area contributed by atoms with Gasteiger partial charge in [-0.25, -0.2) is 0 Å². The minimum atomic E-state index is -1.39. The molecule has 0 aromatic heterocycles. The highest BCUT2D eigenvalue weighted by Crippen LogP contribution is 2.26. The molecular formula is C59H109NO12. The zero-order valence-electron chi connectivity index (χ0n) is 47.4. The molecule has 422 valence electrons. The van der Waals surface area contributed by atoms with E-state index in [-0.39, 0.29) is 82.8 Å². The number of nitrogens with zero attached hydrogens (tertiary/aromatic N) is 1. The minimum absolute atomic E-state index is 0.0310. The lowest BCUT2D eigenvalue weighted by Gasteiger charge is -2.32. The van der Waals surface area contributed by atoms with Crippen molar-refractivity contribution in [1.29, 1.82) is 0 Å². The summed E-state index contributed by atoms with van der Waals surface area (Å²) in [7, 11) is 0. The number of hydrogen-bond donors (Lipinski definition) is 0. The number of rotatable bonds is 52. The number of esters is 6. The Morgan fingerprint density at radius 2 is 0.667 bits per heavy atom. The van der Waals surface area contributed by atoms with Crippen LogP contribution in [0.4, 0.5) is 0 Å². The topological polar surface area (TPSA) is 161 Å². The van der Waals surface area contributed by atoms with E-state index in [0.29, 0.717) is 57.9 Å². The molecule has 0 unspecified atom stereocenters. The quantitative estimate of drug-likeness (QED) is 0.0322. The van der Waals surface area contributed by atoms with Crippen LogP contribution in [0.3, 0.4) is 0 Å². The molecule has 0 aromatic rings. The molecule has 0 fully saturated rings. The summed E-state index contributed by atoms with van der Waals surface area (Å²) >= 11 is 0. The van der Waals surface area contributed by atoms with E-state index in [1.807, 2.05) is 0 Å². The minimum Gasteiger partial charge on any atom is -0.466 e. The van der Waals surface area contributed by atoms with Crippen LogP contribution in [0.5, 0.6) is 0 Å². The maximum absolute atomic E-state index is 13.6. The highest BCUT2D eigenvalue weighted by molar-refractivity contribution is 5.72. The summed E-state index contributed by atoms with van der Waals surface area (Å²) in [4.78, 5) is 80.5. The van der Waals surface area contributed by atoms with Crippen LogP contribution in [0.2, 0.25) is 0 Å². The molecule has 72 heavy (non-hydrogen) atoms. The molecule has 0 saturated carbocycles. The summed E-state index contributed by atoms with van der Waals surface area (Å²) in [6.45, 7) is 16.1. The molecule has 0 amide bonds. The fourth-order valence-electron chi connectivity index (χ4n) is 8.68. The third kappa shape index (κ3) is 42.2. The Morgan fingerprint density at radius 1 is 0.361 bits per heavy atom. The van der Waals surface area contributed by atoms with Crippen LogP contribution in [0.15, 0.2) is 0 Å². The lowest BCUT2D eigenvalue weighted by atomic mass is 9.91. The normalized spacial score (nSPS) is 11.6. The van der Waals surface area contributed by atoms with Gasteiger partial charge in [-0.05, 0) is 90.6 Å². The first-order valence-electron chi connectivity index (χ1n) is 29.5. The molecule has 0 aromatic carbocycles. The zero-order chi connectivity index (χ0) is 53.3. The average molecular weight is 1020 g/mol. The van der Waals surface area contributed by atoms with Crippen LogP contribution >= 0.6 is 0 Å². The predicted octanol–water partition coefficient (Wildman–Crippen LogP) is 14.3. The van der Waals surface area contributed by atoms with Crippen LogP contribution in [-0.4, -0.2) is 99.5 Å². The summed E-state index contributed by atoms with van der Waals surface area (Å²) in [5.74, 6) is -2.34. The summed E-state index contributed by atoms with van der Waals surface area (Å²) < 4.78 is 34.3. The van der Waals surface area contributed by atoms with Crippen molar-refractivity contribution in [2.24, 2.45) is 11.3 Å². The first-order chi connectivity index (χ1) is 34.8. The van der Waals surface area contributed by atoms with E-state index in [9.17, 15) is 28.8 Å². The van der Waals surface area contributed by atoms with E-state index < -0.39 is 29.3 Å². The van der Waals surface area contributed by atoms with Gasteiger partial charge in [-0.1, -0.05) is 163 Å². The van der Waals surface area contributed by atoms with Gasteiger partial charge in [-0.15, -0.1) is 0 Å². The van der Waals surface area contributed by atoms with Gasteiger partial charge in [-0.2, -0.15) is 0 Å². The second-order valence-corrected chi connectivity index (χ2v) is 20.8. The van der Waals surface area contributed by atoms with E-state index >= 15 is 0 Å². The van der Waals surface area contributed by atoms with Crippen molar-refractivity contribution in [3.8, 4) is 0 Å². The smallest absolute Gasteiger partial charge is 0.306 e. The maximum Gasteiger partial charge on any atom is 0.306 e. The van der Waals surface area contributed by atoms with Crippen LogP contribution in [-0.2, 0) is 57.2 Å². The second-order valence-electron chi connectivity index (χ2n) is 20.8. The number of ether oxygens (including phenoxy) is 6. The first kappa shape index (κ1) is 68.8. The van der Waals surface area contributed by atoms with Gasteiger partial charge >= 0.3 is 35.8 Å². The molecule has 0 aliphatic heterocycles. The molecule has 0 aliphatic rings. The largest absolute Gasteiger partial charge is 0.466 e. The Kier molecular flexibility index (Phi) is 46.5. The van der Waals surface area contributed by atoms with Crippen molar-refractivity contribution in [3.63, 3.8) is 0 Å². The monoisotopic (exact) mass is 1020 g/mol. The Labute approximate surface area is 439 Å². The van der Waals surface area contributed by atoms with Crippen LogP contribution in [0.25, 0.3) is 0 Å². The Hall–Kier alpha value is -3.22. The molecule has 0 aliphatic carbocycles. The number of carbonyl (C=O) groups is 6. The van der Waals surface area contributed by atoms with Gasteiger partial charge in [0, 0.05) is 44.6 Å². The first-order valence-corrected chi connectivity index (χ1v) is 29.5. The second kappa shape index (κ2) is 48.7. The van der Waals surface area contributed by atoms with Gasteiger partial charge in [0.15, 0.2) is 0 Å². The zero-order valence-corrected chi connectivity index (χ0v) is 47.4. The standard InChI is InChI=1S/C59H109NO12/c1-8-13-17-19-21-23-25-33-44-67-53(61)38-29-31-40-55(63)69-47-59(49-71-57(65)42-35-43-60(12-5)51(6)7,50-72-58(66)46-52(36-27-15-10-3)37-28-16-11-4)48-70-56(64)41-32-30-39-54(62)68-45-34-26-24-22-20-18-14-9-2/h51-52H,8-50H2,1-7H3. The summed E-state index contributed by atoms with van der Waals surface area (Å²) in [5, 5.41) is 0. The van der Waals surface area contributed by atoms with Gasteiger partial charge in [-0.3, -0.25) is 28.8 Å². The predicted molar refractivity (Wildman–Crippen MR) is 288 cm³/mol.